The van der Waals surface area contributed by atoms with E-state index in [9.17, 15) is 0 Å². The minimum absolute atomic E-state index is 0.720. The summed E-state index contributed by atoms with van der Waals surface area (Å²) in [7, 11) is 0. The highest BCUT2D eigenvalue weighted by atomic mass is 14.9. The minimum Gasteiger partial charge on any atom is -0.368 e. The predicted molar refractivity (Wildman–Crippen MR) is 32.9 cm³/mol. The van der Waals surface area contributed by atoms with Gasteiger partial charge in [0.25, 0.3) is 0 Å². The molecule has 0 saturated heterocycles. The monoisotopic (exact) mass is 118 g/mol. The molecule has 0 aromatic carbocycles. The van der Waals surface area contributed by atoms with E-state index >= 15 is 0 Å². The third-order valence-corrected chi connectivity index (χ3v) is 1.14. The third kappa shape index (κ3) is 0.579. The molecule has 2 aromatic heterocycles. The molecular formula is C6H4N3-. The van der Waals surface area contributed by atoms with Gasteiger partial charge in [0.05, 0.1) is 0 Å². The van der Waals surface area contributed by atoms with Crippen LogP contribution in [0.2, 0.25) is 0 Å². The molecule has 0 bridgehead atoms. The van der Waals surface area contributed by atoms with Crippen LogP contribution in [0.15, 0.2) is 24.7 Å². The first-order chi connectivity index (χ1) is 4.47. The Hall–Kier alpha value is -1.38. The molecular weight excluding hydrogens is 114 g/mol. The molecule has 0 N–H and O–H groups in total. The fourth-order valence-electron chi connectivity index (χ4n) is 0.734. The molecule has 3 nitrogen and oxygen atoms in total. The molecule has 44 valence electrons. The normalized spacial score (nSPS) is 10.2. The van der Waals surface area contributed by atoms with Crippen molar-refractivity contribution in [3.63, 3.8) is 0 Å². The summed E-state index contributed by atoms with van der Waals surface area (Å²) in [6.07, 6.45) is 3.22. The molecule has 0 spiro atoms. The van der Waals surface area contributed by atoms with Crippen LogP contribution in [0, 0.1) is 0 Å². The van der Waals surface area contributed by atoms with Gasteiger partial charge < -0.3 is 15.0 Å². The van der Waals surface area contributed by atoms with Crippen molar-refractivity contribution in [1.29, 1.82) is 0 Å². The summed E-state index contributed by atoms with van der Waals surface area (Å²) in [5.74, 6) is 0. The zero-order valence-electron chi connectivity index (χ0n) is 4.65. The second-order valence-corrected chi connectivity index (χ2v) is 1.72. The summed E-state index contributed by atoms with van der Waals surface area (Å²) < 4.78 is 0. The Kier molecular flexibility index (Phi) is 0.773. The van der Waals surface area contributed by atoms with Crippen molar-refractivity contribution in [2.24, 2.45) is 0 Å². The average molecular weight is 118 g/mol. The first kappa shape index (κ1) is 4.49. The first-order valence-electron chi connectivity index (χ1n) is 2.65. The summed E-state index contributed by atoms with van der Waals surface area (Å²) in [5.41, 5.74) is 1.58. The fourth-order valence-corrected chi connectivity index (χ4v) is 0.734. The van der Waals surface area contributed by atoms with Crippen LogP contribution in [-0.4, -0.2) is 9.97 Å². The molecule has 0 aliphatic heterocycles. The Morgan fingerprint density at radius 1 is 1.33 bits per heavy atom. The number of hydrogen-bond donors (Lipinski definition) is 0. The molecule has 2 aromatic rings. The van der Waals surface area contributed by atoms with Gasteiger partial charge in [-0.15, -0.1) is 0 Å². The van der Waals surface area contributed by atoms with Crippen molar-refractivity contribution in [1.82, 2.24) is 15.0 Å². The molecule has 0 atom stereocenters. The molecule has 0 unspecified atom stereocenters. The second-order valence-electron chi connectivity index (χ2n) is 1.72. The highest BCUT2D eigenvalue weighted by Gasteiger charge is 1.80. The maximum absolute atomic E-state index is 3.97. The number of rotatable bonds is 0. The van der Waals surface area contributed by atoms with E-state index in [1.807, 2.05) is 12.1 Å². The van der Waals surface area contributed by atoms with Gasteiger partial charge in [0.1, 0.15) is 0 Å². The summed E-state index contributed by atoms with van der Waals surface area (Å²) in [4.78, 5) is 11.8. The largest absolute Gasteiger partial charge is 0.368 e. The lowest BCUT2D eigenvalue weighted by molar-refractivity contribution is 1.28. The highest BCUT2D eigenvalue weighted by Crippen LogP contribution is 2.00. The van der Waals surface area contributed by atoms with Crippen molar-refractivity contribution in [2.75, 3.05) is 0 Å². The SMILES string of the molecule is c1cnc2[n-]cnc2c1. The summed E-state index contributed by atoms with van der Waals surface area (Å²) >= 11 is 0. The zero-order chi connectivity index (χ0) is 6.10. The number of aromatic nitrogens is 3. The van der Waals surface area contributed by atoms with Crippen molar-refractivity contribution in [3.05, 3.63) is 24.7 Å². The van der Waals surface area contributed by atoms with Gasteiger partial charge in [0, 0.05) is 11.2 Å². The summed E-state index contributed by atoms with van der Waals surface area (Å²) in [5, 5.41) is 0. The number of imidazole rings is 1. The Labute approximate surface area is 51.8 Å². The van der Waals surface area contributed by atoms with Gasteiger partial charge in [0.2, 0.25) is 0 Å². The van der Waals surface area contributed by atoms with Crippen molar-refractivity contribution >= 4 is 11.2 Å². The van der Waals surface area contributed by atoms with Crippen molar-refractivity contribution < 1.29 is 0 Å². The molecule has 0 aliphatic carbocycles. The minimum atomic E-state index is 0.720. The molecule has 0 aliphatic rings. The van der Waals surface area contributed by atoms with Gasteiger partial charge in [-0.05, 0) is 12.5 Å². The molecule has 2 rings (SSSR count). The van der Waals surface area contributed by atoms with Crippen LogP contribution in [0.5, 0.6) is 0 Å². The highest BCUT2D eigenvalue weighted by molar-refractivity contribution is 5.68. The lowest BCUT2D eigenvalue weighted by Crippen LogP contribution is -1.73. The van der Waals surface area contributed by atoms with Crippen molar-refractivity contribution in [3.8, 4) is 0 Å². The van der Waals surface area contributed by atoms with E-state index in [4.69, 9.17) is 0 Å². The molecule has 0 radical (unpaired) electrons. The smallest absolute Gasteiger partial charge is 0.0190 e. The lowest BCUT2D eigenvalue weighted by atomic mass is 10.4. The van der Waals surface area contributed by atoms with Gasteiger partial charge in [-0.1, -0.05) is 12.1 Å². The van der Waals surface area contributed by atoms with Gasteiger partial charge in [-0.3, -0.25) is 0 Å². The molecule has 3 heteroatoms. The van der Waals surface area contributed by atoms with Crippen LogP contribution < -0.4 is 4.98 Å². The Balaban J connectivity index is 2.95. The Morgan fingerprint density at radius 3 is 3.22 bits per heavy atom. The van der Waals surface area contributed by atoms with Crippen LogP contribution >= 0.6 is 0 Å². The van der Waals surface area contributed by atoms with Crippen LogP contribution in [0.3, 0.4) is 0 Å². The zero-order valence-corrected chi connectivity index (χ0v) is 4.65. The van der Waals surface area contributed by atoms with E-state index in [1.165, 1.54) is 6.33 Å². The summed E-state index contributed by atoms with van der Waals surface area (Å²) in [6.45, 7) is 0. The number of pyridine rings is 1. The molecule has 0 amide bonds. The van der Waals surface area contributed by atoms with Crippen LogP contribution in [0.25, 0.3) is 11.2 Å². The topological polar surface area (TPSA) is 39.9 Å². The lowest BCUT2D eigenvalue weighted by Gasteiger charge is -1.90. The van der Waals surface area contributed by atoms with Crippen LogP contribution in [0.1, 0.15) is 0 Å². The van der Waals surface area contributed by atoms with Gasteiger partial charge in [-0.25, -0.2) is 0 Å². The Bertz CT molecular complexity index is 282. The predicted octanol–water partition coefficient (Wildman–Crippen LogP) is 0.587. The Morgan fingerprint density at radius 2 is 2.33 bits per heavy atom. The maximum Gasteiger partial charge on any atom is 0.0190 e. The standard InChI is InChI=1S/C6H4N3/c1-2-5-6(7-3-1)9-4-8-5/h1-4H/q-1. The van der Waals surface area contributed by atoms with E-state index in [2.05, 4.69) is 15.0 Å². The second kappa shape index (κ2) is 1.55. The molecule has 9 heavy (non-hydrogen) atoms. The molecule has 0 fully saturated rings. The van der Waals surface area contributed by atoms with E-state index < -0.39 is 0 Å². The third-order valence-electron chi connectivity index (χ3n) is 1.14. The van der Waals surface area contributed by atoms with Crippen molar-refractivity contribution in [2.45, 2.75) is 0 Å². The van der Waals surface area contributed by atoms with E-state index in [0.717, 1.165) is 11.2 Å². The summed E-state index contributed by atoms with van der Waals surface area (Å²) in [6, 6.07) is 3.73. The van der Waals surface area contributed by atoms with Gasteiger partial charge in [0.15, 0.2) is 0 Å². The molecule has 2 heterocycles. The number of nitrogens with zero attached hydrogens (tertiary/aromatic N) is 3. The van der Waals surface area contributed by atoms with E-state index in [1.54, 1.807) is 6.20 Å². The number of fused-ring (bicyclic) bond motifs is 1. The average Bonchev–Trinajstić information content (AvgIpc) is 2.33. The molecule has 0 saturated carbocycles. The number of hydrogen-bond acceptors (Lipinski definition) is 2. The van der Waals surface area contributed by atoms with Crippen LogP contribution in [0.4, 0.5) is 0 Å². The maximum atomic E-state index is 3.97. The van der Waals surface area contributed by atoms with Gasteiger partial charge in [-0.2, -0.15) is 0 Å². The first-order valence-corrected chi connectivity index (χ1v) is 2.65. The van der Waals surface area contributed by atoms with E-state index in [-0.39, 0.29) is 0 Å². The fraction of sp³-hybridized carbons (Fsp3) is 0. The quantitative estimate of drug-likeness (QED) is 0.508. The van der Waals surface area contributed by atoms with Gasteiger partial charge >= 0.3 is 0 Å². The van der Waals surface area contributed by atoms with Crippen LogP contribution in [-0.2, 0) is 0 Å². The van der Waals surface area contributed by atoms with E-state index in [0.29, 0.717) is 0 Å².